The number of benzene rings is 1. The molecule has 2 aromatic rings. The first kappa shape index (κ1) is 13.6. The van der Waals surface area contributed by atoms with Gasteiger partial charge in [0.25, 0.3) is 0 Å². The quantitative estimate of drug-likeness (QED) is 0.907. The van der Waals surface area contributed by atoms with Crippen LogP contribution in [0.4, 0.5) is 5.69 Å². The lowest BCUT2D eigenvalue weighted by atomic mass is 10.0. The number of para-hydroxylation sites is 1. The molecule has 1 aliphatic rings. The number of ketones is 2. The van der Waals surface area contributed by atoms with Crippen LogP contribution in [0.3, 0.4) is 0 Å². The lowest BCUT2D eigenvalue weighted by Gasteiger charge is -2.18. The van der Waals surface area contributed by atoms with E-state index in [2.05, 4.69) is 31.2 Å². The summed E-state index contributed by atoms with van der Waals surface area (Å²) < 4.78 is 0.170. The lowest BCUT2D eigenvalue weighted by molar-refractivity contribution is 0.0975. The van der Waals surface area contributed by atoms with Crippen LogP contribution in [0.2, 0.25) is 0 Å². The van der Waals surface area contributed by atoms with Crippen molar-refractivity contribution in [3.05, 3.63) is 63.8 Å². The molecule has 6 heteroatoms. The number of rotatable bonds is 2. The fourth-order valence-corrected chi connectivity index (χ4v) is 2.53. The second-order valence-corrected chi connectivity index (χ2v) is 5.33. The van der Waals surface area contributed by atoms with Crippen molar-refractivity contribution in [2.75, 3.05) is 5.32 Å². The van der Waals surface area contributed by atoms with Crippen molar-refractivity contribution < 1.29 is 9.59 Å². The molecule has 3 rings (SSSR count). The summed E-state index contributed by atoms with van der Waals surface area (Å²) in [5.41, 5.74) is 2.06. The molecule has 0 bridgehead atoms. The van der Waals surface area contributed by atoms with E-state index in [1.54, 1.807) is 0 Å². The number of fused-ring (bicyclic) bond motifs is 1. The summed E-state index contributed by atoms with van der Waals surface area (Å²) in [7, 11) is 0. The van der Waals surface area contributed by atoms with Gasteiger partial charge in [-0.2, -0.15) is 0 Å². The van der Waals surface area contributed by atoms with E-state index >= 15 is 0 Å². The third kappa shape index (κ3) is 2.27. The highest BCUT2D eigenvalue weighted by molar-refractivity contribution is 9.12. The van der Waals surface area contributed by atoms with Crippen LogP contribution >= 0.6 is 15.9 Å². The second-order valence-electron chi connectivity index (χ2n) is 4.54. The van der Waals surface area contributed by atoms with Crippen molar-refractivity contribution in [3.8, 4) is 0 Å². The number of hydrogen-bond acceptors (Lipinski definition) is 5. The van der Waals surface area contributed by atoms with Gasteiger partial charge in [0.2, 0.25) is 11.6 Å². The molecule has 0 saturated carbocycles. The van der Waals surface area contributed by atoms with E-state index < -0.39 is 0 Å². The lowest BCUT2D eigenvalue weighted by Crippen LogP contribution is -2.26. The Morgan fingerprint density at radius 1 is 1.00 bits per heavy atom. The number of anilines is 1. The Morgan fingerprint density at radius 2 is 1.62 bits per heavy atom. The molecule has 21 heavy (non-hydrogen) atoms. The second kappa shape index (κ2) is 5.21. The zero-order valence-electron chi connectivity index (χ0n) is 11.1. The molecule has 0 unspecified atom stereocenters. The van der Waals surface area contributed by atoms with Gasteiger partial charge in [0, 0.05) is 18.1 Å². The zero-order chi connectivity index (χ0) is 15.0. The topological polar surface area (TPSA) is 72.0 Å². The molecular weight excluding hydrogens is 334 g/mol. The Hall–Kier alpha value is -2.34. The maximum atomic E-state index is 12.5. The highest BCUT2D eigenvalue weighted by atomic mass is 79.9. The average Bonchev–Trinajstić information content (AvgIpc) is 2.51. The summed E-state index contributed by atoms with van der Waals surface area (Å²) in [6.45, 7) is 1.92. The van der Waals surface area contributed by atoms with E-state index in [4.69, 9.17) is 0 Å². The molecule has 104 valence electrons. The Labute approximate surface area is 129 Å². The molecular formula is C15H10BrN3O2. The summed E-state index contributed by atoms with van der Waals surface area (Å²) in [4.78, 5) is 32.6. The standard InChI is InChI=1S/C15H10BrN3O2/c1-8-4-2-3-5-9(8)19-11-10(16)14(20)12-13(15(11)21)18-7-6-17-12/h2-7,19H,1H3. The smallest absolute Gasteiger partial charge is 0.231 e. The molecule has 0 saturated heterocycles. The first-order valence-corrected chi connectivity index (χ1v) is 7.01. The molecule has 1 heterocycles. The van der Waals surface area contributed by atoms with Crippen LogP contribution in [0, 0.1) is 6.92 Å². The largest absolute Gasteiger partial charge is 0.351 e. The summed E-state index contributed by atoms with van der Waals surface area (Å²) in [6.07, 6.45) is 2.79. The molecule has 0 radical (unpaired) electrons. The highest BCUT2D eigenvalue weighted by Gasteiger charge is 2.33. The average molecular weight is 344 g/mol. The Balaban J connectivity index is 2.07. The monoisotopic (exact) mass is 343 g/mol. The molecule has 0 aliphatic heterocycles. The third-order valence-electron chi connectivity index (χ3n) is 3.18. The fraction of sp³-hybridized carbons (Fsp3) is 0.0667. The number of Topliss-reactive ketones (excluding diaryl/α,β-unsaturated/α-hetero) is 2. The number of nitrogens with one attached hydrogen (secondary N) is 1. The van der Waals surface area contributed by atoms with Crippen molar-refractivity contribution in [3.63, 3.8) is 0 Å². The number of halogens is 1. The maximum Gasteiger partial charge on any atom is 0.231 e. The zero-order valence-corrected chi connectivity index (χ0v) is 12.6. The predicted octanol–water partition coefficient (Wildman–Crippen LogP) is 2.88. The van der Waals surface area contributed by atoms with E-state index in [0.717, 1.165) is 11.3 Å². The van der Waals surface area contributed by atoms with Gasteiger partial charge < -0.3 is 5.32 Å². The number of hydrogen-bond donors (Lipinski definition) is 1. The number of aromatic nitrogens is 2. The normalized spacial score (nSPS) is 14.2. The first-order chi connectivity index (χ1) is 10.1. The van der Waals surface area contributed by atoms with E-state index in [1.165, 1.54) is 12.4 Å². The molecule has 0 atom stereocenters. The Bertz CT molecular complexity index is 799. The van der Waals surface area contributed by atoms with Gasteiger partial charge in [0.05, 0.1) is 4.48 Å². The van der Waals surface area contributed by atoms with Crippen molar-refractivity contribution in [1.82, 2.24) is 9.97 Å². The number of carbonyl (C=O) groups is 2. The first-order valence-electron chi connectivity index (χ1n) is 6.22. The number of allylic oxidation sites excluding steroid dienone is 2. The molecule has 5 nitrogen and oxygen atoms in total. The molecule has 0 spiro atoms. The van der Waals surface area contributed by atoms with Crippen LogP contribution in [0.5, 0.6) is 0 Å². The van der Waals surface area contributed by atoms with Crippen LogP contribution in [0.1, 0.15) is 26.5 Å². The number of nitrogens with zero attached hydrogens (tertiary/aromatic N) is 2. The number of carbonyl (C=O) groups excluding carboxylic acids is 2. The fourth-order valence-electron chi connectivity index (χ4n) is 2.07. The third-order valence-corrected chi connectivity index (χ3v) is 3.94. The van der Waals surface area contributed by atoms with Gasteiger partial charge in [-0.3, -0.25) is 9.59 Å². The predicted molar refractivity (Wildman–Crippen MR) is 81.4 cm³/mol. The maximum absolute atomic E-state index is 12.5. The summed E-state index contributed by atoms with van der Waals surface area (Å²) in [5, 5.41) is 3.01. The van der Waals surface area contributed by atoms with Gasteiger partial charge in [-0.15, -0.1) is 0 Å². The minimum atomic E-state index is -0.354. The van der Waals surface area contributed by atoms with Crippen LogP contribution in [-0.4, -0.2) is 21.5 Å². The van der Waals surface area contributed by atoms with Gasteiger partial charge in [-0.25, -0.2) is 9.97 Å². The van der Waals surface area contributed by atoms with Crippen LogP contribution in [-0.2, 0) is 0 Å². The molecule has 1 aromatic heterocycles. The van der Waals surface area contributed by atoms with Gasteiger partial charge in [-0.05, 0) is 34.5 Å². The molecule has 0 amide bonds. The summed E-state index contributed by atoms with van der Waals surface area (Å²) >= 11 is 3.19. The number of aryl methyl sites for hydroxylation is 1. The van der Waals surface area contributed by atoms with Crippen LogP contribution in [0.15, 0.2) is 46.8 Å². The van der Waals surface area contributed by atoms with Crippen LogP contribution < -0.4 is 5.32 Å². The van der Waals surface area contributed by atoms with E-state index in [1.807, 2.05) is 31.2 Å². The summed E-state index contributed by atoms with van der Waals surface area (Å²) in [6, 6.07) is 7.51. The van der Waals surface area contributed by atoms with Crippen molar-refractivity contribution >= 4 is 33.2 Å². The highest BCUT2D eigenvalue weighted by Crippen LogP contribution is 2.29. The van der Waals surface area contributed by atoms with Crippen molar-refractivity contribution in [1.29, 1.82) is 0 Å². The molecule has 1 aromatic carbocycles. The van der Waals surface area contributed by atoms with Crippen molar-refractivity contribution in [2.24, 2.45) is 0 Å². The van der Waals surface area contributed by atoms with E-state index in [9.17, 15) is 9.59 Å². The van der Waals surface area contributed by atoms with Gasteiger partial charge in [0.1, 0.15) is 17.1 Å². The minimum Gasteiger partial charge on any atom is -0.351 e. The SMILES string of the molecule is Cc1ccccc1NC1=C(Br)C(=O)c2nccnc2C1=O. The van der Waals surface area contributed by atoms with Gasteiger partial charge in [0.15, 0.2) is 0 Å². The molecule has 1 N–H and O–H groups in total. The summed E-state index contributed by atoms with van der Waals surface area (Å²) in [5.74, 6) is -0.707. The van der Waals surface area contributed by atoms with Gasteiger partial charge in [-0.1, -0.05) is 18.2 Å². The molecule has 0 fully saturated rings. The van der Waals surface area contributed by atoms with Gasteiger partial charge >= 0.3 is 0 Å². The Kier molecular flexibility index (Phi) is 3.39. The van der Waals surface area contributed by atoms with Crippen molar-refractivity contribution in [2.45, 2.75) is 6.92 Å². The Morgan fingerprint density at radius 3 is 2.29 bits per heavy atom. The van der Waals surface area contributed by atoms with E-state index in [0.29, 0.717) is 0 Å². The van der Waals surface area contributed by atoms with E-state index in [-0.39, 0.29) is 33.1 Å². The minimum absolute atomic E-state index is 0.0711. The van der Waals surface area contributed by atoms with Crippen LogP contribution in [0.25, 0.3) is 0 Å². The molecule has 1 aliphatic carbocycles.